The highest BCUT2D eigenvalue weighted by Crippen LogP contribution is 2.22. The lowest BCUT2D eigenvalue weighted by Crippen LogP contribution is -2.36. The third-order valence-corrected chi connectivity index (χ3v) is 5.29. The van der Waals surface area contributed by atoms with Crippen LogP contribution in [0.3, 0.4) is 0 Å². The van der Waals surface area contributed by atoms with Gasteiger partial charge in [0, 0.05) is 35.3 Å². The van der Waals surface area contributed by atoms with Crippen LogP contribution in [0.25, 0.3) is 0 Å². The van der Waals surface area contributed by atoms with Crippen LogP contribution in [0.2, 0.25) is 0 Å². The largest absolute Gasteiger partial charge is 0.312 e. The van der Waals surface area contributed by atoms with Crippen LogP contribution >= 0.6 is 23.1 Å². The molecule has 1 saturated heterocycles. The molecule has 2 unspecified atom stereocenters. The van der Waals surface area contributed by atoms with Crippen LogP contribution in [-0.2, 0) is 0 Å². The van der Waals surface area contributed by atoms with Crippen LogP contribution in [0, 0.1) is 6.92 Å². The quantitative estimate of drug-likeness (QED) is 0.896. The average molecular weight is 256 g/mol. The number of rotatable bonds is 4. The van der Waals surface area contributed by atoms with Gasteiger partial charge in [0.2, 0.25) is 0 Å². The van der Waals surface area contributed by atoms with E-state index in [0.717, 1.165) is 12.6 Å². The second kappa shape index (κ2) is 6.03. The Labute approximate surface area is 106 Å². The molecule has 0 amide bonds. The molecule has 1 aromatic rings. The summed E-state index contributed by atoms with van der Waals surface area (Å²) in [5.41, 5.74) is 0. The van der Waals surface area contributed by atoms with Crippen molar-refractivity contribution in [2.45, 2.75) is 38.6 Å². The van der Waals surface area contributed by atoms with Crippen LogP contribution in [0.1, 0.15) is 35.6 Å². The van der Waals surface area contributed by atoms with Crippen molar-refractivity contribution < 1.29 is 0 Å². The summed E-state index contributed by atoms with van der Waals surface area (Å²) in [7, 11) is 0. The fourth-order valence-corrected chi connectivity index (χ4v) is 3.86. The smallest absolute Gasteiger partial charge is 0.0968 e. The summed E-state index contributed by atoms with van der Waals surface area (Å²) >= 11 is 3.91. The average Bonchev–Trinajstić information content (AvgIpc) is 2.74. The Balaban J connectivity index is 1.76. The molecule has 0 aromatic carbocycles. The van der Waals surface area contributed by atoms with Gasteiger partial charge < -0.3 is 5.32 Å². The van der Waals surface area contributed by atoms with Gasteiger partial charge in [-0.25, -0.2) is 4.98 Å². The lowest BCUT2D eigenvalue weighted by atomic mass is 10.1. The van der Waals surface area contributed by atoms with Crippen molar-refractivity contribution in [3.8, 4) is 0 Å². The molecule has 0 saturated carbocycles. The minimum atomic E-state index is 0.547. The summed E-state index contributed by atoms with van der Waals surface area (Å²) in [4.78, 5) is 5.77. The Hall–Kier alpha value is -0.0600. The summed E-state index contributed by atoms with van der Waals surface area (Å²) in [6, 6.07) is 0.724. The first-order valence-corrected chi connectivity index (χ1v) is 7.96. The summed E-state index contributed by atoms with van der Waals surface area (Å²) in [5, 5.41) is 4.95. The maximum absolute atomic E-state index is 4.45. The molecule has 0 radical (unpaired) electrons. The summed E-state index contributed by atoms with van der Waals surface area (Å²) in [5.74, 6) is 3.17. The summed E-state index contributed by atoms with van der Waals surface area (Å²) in [6.45, 7) is 5.46. The fraction of sp³-hybridized carbons (Fsp3) is 0.750. The highest BCUT2D eigenvalue weighted by Gasteiger charge is 2.15. The van der Waals surface area contributed by atoms with Gasteiger partial charge >= 0.3 is 0 Å². The topological polar surface area (TPSA) is 24.9 Å². The summed E-state index contributed by atoms with van der Waals surface area (Å²) in [6.07, 6.45) is 4.69. The number of nitrogens with one attached hydrogen (secondary N) is 1. The number of aromatic nitrogens is 1. The molecule has 16 heavy (non-hydrogen) atoms. The van der Waals surface area contributed by atoms with Crippen LogP contribution in [0.5, 0.6) is 0 Å². The Kier molecular flexibility index (Phi) is 4.67. The van der Waals surface area contributed by atoms with E-state index in [0.29, 0.717) is 5.92 Å². The van der Waals surface area contributed by atoms with Crippen LogP contribution in [-0.4, -0.2) is 29.1 Å². The number of hydrogen-bond donors (Lipinski definition) is 1. The molecular weight excluding hydrogens is 236 g/mol. The normalized spacial score (nSPS) is 23.2. The highest BCUT2D eigenvalue weighted by atomic mass is 32.2. The Morgan fingerprint density at radius 1 is 1.62 bits per heavy atom. The van der Waals surface area contributed by atoms with Gasteiger partial charge in [-0.15, -0.1) is 11.3 Å². The maximum atomic E-state index is 4.45. The predicted molar refractivity (Wildman–Crippen MR) is 73.6 cm³/mol. The molecule has 1 fully saturated rings. The van der Waals surface area contributed by atoms with Gasteiger partial charge in [-0.2, -0.15) is 11.8 Å². The molecule has 1 aliphatic rings. The first-order chi connectivity index (χ1) is 7.75. The third kappa shape index (κ3) is 3.47. The molecule has 0 aliphatic carbocycles. The van der Waals surface area contributed by atoms with Gasteiger partial charge in [0.05, 0.1) is 5.01 Å². The molecular formula is C12H20N2S2. The predicted octanol–water partition coefficient (Wildman–Crippen LogP) is 3.04. The summed E-state index contributed by atoms with van der Waals surface area (Å²) < 4.78 is 0. The van der Waals surface area contributed by atoms with Crippen molar-refractivity contribution in [1.82, 2.24) is 10.3 Å². The first-order valence-electron chi connectivity index (χ1n) is 5.99. The molecule has 2 rings (SSSR count). The van der Waals surface area contributed by atoms with E-state index in [1.807, 2.05) is 17.5 Å². The van der Waals surface area contributed by atoms with E-state index in [1.165, 1.54) is 34.2 Å². The molecule has 2 atom stereocenters. The van der Waals surface area contributed by atoms with E-state index in [2.05, 4.69) is 35.9 Å². The van der Waals surface area contributed by atoms with Crippen molar-refractivity contribution in [2.75, 3.05) is 18.1 Å². The standard InChI is InChI=1S/C12H20N2S2/c1-9(12-14-7-10(2)16-12)6-13-11-4-3-5-15-8-11/h7,9,11,13H,3-6,8H2,1-2H3. The SMILES string of the molecule is Cc1cnc(C(C)CNC2CCCSC2)s1. The number of thiazole rings is 1. The molecule has 1 aliphatic heterocycles. The minimum absolute atomic E-state index is 0.547. The van der Waals surface area contributed by atoms with E-state index < -0.39 is 0 Å². The second-order valence-corrected chi connectivity index (χ2v) is 6.95. The third-order valence-electron chi connectivity index (χ3n) is 2.93. The van der Waals surface area contributed by atoms with Crippen LogP contribution in [0.4, 0.5) is 0 Å². The van der Waals surface area contributed by atoms with Crippen molar-refractivity contribution in [3.63, 3.8) is 0 Å². The van der Waals surface area contributed by atoms with Crippen LogP contribution < -0.4 is 5.32 Å². The number of thioether (sulfide) groups is 1. The van der Waals surface area contributed by atoms with Gasteiger partial charge in [0.15, 0.2) is 0 Å². The molecule has 2 nitrogen and oxygen atoms in total. The van der Waals surface area contributed by atoms with E-state index in [9.17, 15) is 0 Å². The zero-order valence-electron chi connectivity index (χ0n) is 10.0. The fourth-order valence-electron chi connectivity index (χ4n) is 1.93. The molecule has 2 heterocycles. The van der Waals surface area contributed by atoms with E-state index in [-0.39, 0.29) is 0 Å². The van der Waals surface area contributed by atoms with Gasteiger partial charge in [-0.1, -0.05) is 6.92 Å². The van der Waals surface area contributed by atoms with Crippen molar-refractivity contribution in [2.24, 2.45) is 0 Å². The molecule has 1 aromatic heterocycles. The zero-order valence-corrected chi connectivity index (χ0v) is 11.7. The van der Waals surface area contributed by atoms with Crippen molar-refractivity contribution in [1.29, 1.82) is 0 Å². The monoisotopic (exact) mass is 256 g/mol. The lowest BCUT2D eigenvalue weighted by molar-refractivity contribution is 0.487. The Morgan fingerprint density at radius 3 is 3.12 bits per heavy atom. The number of nitrogens with zero attached hydrogens (tertiary/aromatic N) is 1. The molecule has 1 N–H and O–H groups in total. The highest BCUT2D eigenvalue weighted by molar-refractivity contribution is 7.99. The molecule has 90 valence electrons. The lowest BCUT2D eigenvalue weighted by Gasteiger charge is -2.23. The Morgan fingerprint density at radius 2 is 2.50 bits per heavy atom. The molecule has 0 spiro atoms. The zero-order chi connectivity index (χ0) is 11.4. The van der Waals surface area contributed by atoms with Crippen LogP contribution in [0.15, 0.2) is 6.20 Å². The van der Waals surface area contributed by atoms with Crippen molar-refractivity contribution in [3.05, 3.63) is 16.1 Å². The van der Waals surface area contributed by atoms with Crippen molar-refractivity contribution >= 4 is 23.1 Å². The van der Waals surface area contributed by atoms with Gasteiger partial charge in [-0.05, 0) is 25.5 Å². The molecule has 0 bridgehead atoms. The Bertz CT molecular complexity index is 319. The first kappa shape index (κ1) is 12.4. The van der Waals surface area contributed by atoms with Gasteiger partial charge in [0.25, 0.3) is 0 Å². The molecule has 4 heteroatoms. The second-order valence-electron chi connectivity index (χ2n) is 4.53. The minimum Gasteiger partial charge on any atom is -0.312 e. The van der Waals surface area contributed by atoms with Gasteiger partial charge in [-0.3, -0.25) is 0 Å². The van der Waals surface area contributed by atoms with E-state index in [1.54, 1.807) is 0 Å². The van der Waals surface area contributed by atoms with Gasteiger partial charge in [0.1, 0.15) is 0 Å². The van der Waals surface area contributed by atoms with E-state index in [4.69, 9.17) is 0 Å². The number of aryl methyl sites for hydroxylation is 1. The van der Waals surface area contributed by atoms with E-state index >= 15 is 0 Å². The maximum Gasteiger partial charge on any atom is 0.0968 e. The number of hydrogen-bond acceptors (Lipinski definition) is 4.